The molecule has 2 aromatic heterocycles. The normalized spacial score (nSPS) is 34.2. The van der Waals surface area contributed by atoms with Crippen LogP contribution in [0.1, 0.15) is 142 Å². The van der Waals surface area contributed by atoms with Gasteiger partial charge in [-0.25, -0.2) is 29.5 Å². The van der Waals surface area contributed by atoms with Crippen LogP contribution in [0.2, 0.25) is 0 Å². The van der Waals surface area contributed by atoms with Crippen molar-refractivity contribution in [1.29, 1.82) is 0 Å². The number of anilines is 2. The van der Waals surface area contributed by atoms with Crippen LogP contribution in [0.5, 0.6) is 0 Å². The number of nitrogens with zero attached hydrogens (tertiary/aromatic N) is 8. The van der Waals surface area contributed by atoms with Crippen LogP contribution in [0.3, 0.4) is 0 Å². The van der Waals surface area contributed by atoms with Crippen molar-refractivity contribution < 1.29 is 67.4 Å². The molecule has 2 N–H and O–H groups in total. The van der Waals surface area contributed by atoms with Crippen molar-refractivity contribution in [3.05, 3.63) is 83.0 Å². The maximum Gasteiger partial charge on any atom is 0.410 e. The van der Waals surface area contributed by atoms with Crippen molar-refractivity contribution in [3.8, 4) is 0 Å². The van der Waals surface area contributed by atoms with E-state index < -0.39 is 102 Å². The minimum Gasteiger partial charge on any atom is -0.460 e. The standard InChI is InChI=1S/C68H98N8O14/c1-41-17-13-12-14-18-43(3)56(85-9)35-51-22-20-48(8)68(84,90-51)62(80)63(81)76-25-16-15-19-53(76)64(82)88-57(36-54(77)44(4)32-47(7)60(79)61(87-11)59(78)46(6)31-41)45(5)33-49-21-23-55(58(34-49)86-10)89-67(83)75-26-24-52-50(40-75)39-71-66(72-52)74-29-27-73(28-30-74)65-69-37-42(2)38-70-65/h12-14,17-18,32,37-39,41,44-46,48-49,51,53,55-58,60-61,79,84H,15-16,19-31,33-36,40H2,1-11H3/b14-12+,17-13+,43-18+,47-32+/t41-,44-,45-,46-,48-,49+,51+,53+,55-,56+,57+,58-,60-,61+,68-/m1/s1. The van der Waals surface area contributed by atoms with Crippen LogP contribution in [0.4, 0.5) is 16.7 Å². The quantitative estimate of drug-likeness (QED) is 0.139. The van der Waals surface area contributed by atoms with Crippen LogP contribution in [-0.4, -0.2) is 190 Å². The van der Waals surface area contributed by atoms with E-state index in [1.54, 1.807) is 52.2 Å². The summed E-state index contributed by atoms with van der Waals surface area (Å²) >= 11 is 0. The van der Waals surface area contributed by atoms with Crippen molar-refractivity contribution in [2.24, 2.45) is 35.5 Å². The minimum absolute atomic E-state index is 0.00145. The van der Waals surface area contributed by atoms with Gasteiger partial charge in [0.2, 0.25) is 17.7 Å². The average Bonchev–Trinajstić information content (AvgIpc) is 1.00. The molecule has 8 rings (SSSR count). The number of piperazine rings is 1. The van der Waals surface area contributed by atoms with Gasteiger partial charge in [-0.3, -0.25) is 19.2 Å². The Morgan fingerprint density at radius 1 is 0.778 bits per heavy atom. The summed E-state index contributed by atoms with van der Waals surface area (Å²) in [6, 6.07) is -1.19. The largest absolute Gasteiger partial charge is 0.460 e. The number of esters is 1. The molecule has 22 heteroatoms. The van der Waals surface area contributed by atoms with Gasteiger partial charge in [-0.1, -0.05) is 71.1 Å². The van der Waals surface area contributed by atoms with E-state index in [1.807, 2.05) is 77.4 Å². The van der Waals surface area contributed by atoms with Crippen LogP contribution in [-0.2, 0) is 65.4 Å². The van der Waals surface area contributed by atoms with E-state index in [2.05, 4.69) is 19.8 Å². The highest BCUT2D eigenvalue weighted by atomic mass is 16.6. The lowest BCUT2D eigenvalue weighted by atomic mass is 9.78. The molecule has 15 atom stereocenters. The van der Waals surface area contributed by atoms with E-state index >= 15 is 0 Å². The number of aliphatic hydroxyl groups is 2. The average molecular weight is 1250 g/mol. The highest BCUT2D eigenvalue weighted by Gasteiger charge is 2.53. The minimum atomic E-state index is -2.47. The Morgan fingerprint density at radius 2 is 1.49 bits per heavy atom. The fraction of sp³-hybridized carbons (Fsp3) is 0.676. The van der Waals surface area contributed by atoms with Crippen molar-refractivity contribution in [2.75, 3.05) is 70.4 Å². The Kier molecular flexibility index (Phi) is 24.6. The number of aryl methyl sites for hydroxylation is 1. The maximum absolute atomic E-state index is 14.8. The molecule has 1 aliphatic carbocycles. The lowest BCUT2D eigenvalue weighted by molar-refractivity contribution is -0.265. The zero-order chi connectivity index (χ0) is 65.0. The molecule has 0 radical (unpaired) electrons. The summed E-state index contributed by atoms with van der Waals surface area (Å²) < 4.78 is 36.4. The number of piperidine rings is 1. The Balaban J connectivity index is 0.959. The predicted octanol–water partition coefficient (Wildman–Crippen LogP) is 7.60. The van der Waals surface area contributed by atoms with Crippen molar-refractivity contribution >= 4 is 47.2 Å². The maximum atomic E-state index is 14.8. The van der Waals surface area contributed by atoms with Gasteiger partial charge in [-0.2, -0.15) is 0 Å². The first-order valence-electron chi connectivity index (χ1n) is 32.6. The van der Waals surface area contributed by atoms with E-state index in [-0.39, 0.29) is 42.8 Å². The van der Waals surface area contributed by atoms with E-state index in [0.29, 0.717) is 101 Å². The van der Waals surface area contributed by atoms with Crippen molar-refractivity contribution in [1.82, 2.24) is 29.7 Å². The van der Waals surface area contributed by atoms with Gasteiger partial charge in [-0.15, -0.1) is 0 Å². The number of fused-ring (bicyclic) bond motifs is 4. The van der Waals surface area contributed by atoms with Crippen molar-refractivity contribution in [2.45, 2.75) is 200 Å². The number of methoxy groups -OCH3 is 3. The molecule has 3 saturated heterocycles. The molecule has 0 aromatic carbocycles. The van der Waals surface area contributed by atoms with Gasteiger partial charge in [-0.05, 0) is 119 Å². The third-order valence-electron chi connectivity index (χ3n) is 19.5. The summed E-state index contributed by atoms with van der Waals surface area (Å²) in [6.45, 7) is 18.3. The molecule has 6 aliphatic rings. The summed E-state index contributed by atoms with van der Waals surface area (Å²) in [5.41, 5.74) is 4.01. The van der Waals surface area contributed by atoms with Crippen LogP contribution >= 0.6 is 0 Å². The highest BCUT2D eigenvalue weighted by Crippen LogP contribution is 2.39. The van der Waals surface area contributed by atoms with Crippen LogP contribution in [0, 0.1) is 42.4 Å². The molecule has 2 aromatic rings. The molecule has 7 heterocycles. The number of ether oxygens (including phenoxy) is 6. The van der Waals surface area contributed by atoms with Gasteiger partial charge in [0.05, 0.1) is 30.6 Å². The zero-order valence-corrected chi connectivity index (χ0v) is 54.8. The third kappa shape index (κ3) is 17.2. The second-order valence-corrected chi connectivity index (χ2v) is 26.3. The van der Waals surface area contributed by atoms with Gasteiger partial charge in [0.25, 0.3) is 11.7 Å². The van der Waals surface area contributed by atoms with Gasteiger partial charge >= 0.3 is 12.1 Å². The number of hydrogen-bond donors (Lipinski definition) is 2. The first-order chi connectivity index (χ1) is 43.0. The number of allylic oxidation sites excluding steroid dienone is 6. The van der Waals surface area contributed by atoms with E-state index in [1.165, 1.54) is 12.0 Å². The highest BCUT2D eigenvalue weighted by molar-refractivity contribution is 6.39. The fourth-order valence-corrected chi connectivity index (χ4v) is 13.7. The molecule has 4 fully saturated rings. The van der Waals surface area contributed by atoms with E-state index in [0.717, 1.165) is 48.6 Å². The first-order valence-corrected chi connectivity index (χ1v) is 32.6. The Bertz CT molecular complexity index is 2950. The second kappa shape index (κ2) is 31.8. The lowest BCUT2D eigenvalue weighted by Crippen LogP contribution is -2.61. The van der Waals surface area contributed by atoms with Gasteiger partial charge in [0, 0.05) is 122 Å². The summed E-state index contributed by atoms with van der Waals surface area (Å²) in [5.74, 6) is -7.10. The lowest BCUT2D eigenvalue weighted by Gasteiger charge is -2.42. The first kappa shape index (κ1) is 69.6. The molecule has 0 unspecified atom stereocenters. The topological polar surface area (TPSA) is 263 Å². The summed E-state index contributed by atoms with van der Waals surface area (Å²) in [5, 5.41) is 23.8. The molecule has 494 valence electrons. The molecular formula is C68H98N8O14. The number of hydrogen-bond acceptors (Lipinski definition) is 20. The molecule has 0 spiro atoms. The number of carbonyl (C=O) groups excluding carboxylic acids is 6. The molecule has 1 saturated carbocycles. The van der Waals surface area contributed by atoms with Gasteiger partial charge in [0.1, 0.15) is 36.2 Å². The van der Waals surface area contributed by atoms with Crippen LogP contribution in [0.25, 0.3) is 0 Å². The number of Topliss-reactive ketones (excluding diaryl/α,β-unsaturated/α-hetero) is 3. The summed E-state index contributed by atoms with van der Waals surface area (Å²) in [6.07, 6.45) is 15.9. The van der Waals surface area contributed by atoms with Crippen LogP contribution < -0.4 is 9.80 Å². The number of aliphatic hydroxyl groups excluding tert-OH is 1. The smallest absolute Gasteiger partial charge is 0.410 e. The number of carbonyl (C=O) groups is 6. The monoisotopic (exact) mass is 1250 g/mol. The summed E-state index contributed by atoms with van der Waals surface area (Å²) in [4.78, 5) is 112. The molecule has 90 heavy (non-hydrogen) atoms. The van der Waals surface area contributed by atoms with Gasteiger partial charge in [0.15, 0.2) is 5.78 Å². The summed E-state index contributed by atoms with van der Waals surface area (Å²) in [7, 11) is 4.55. The number of amides is 2. The Labute approximate surface area is 531 Å². The number of ketones is 3. The molecule has 2 amide bonds. The zero-order valence-electron chi connectivity index (χ0n) is 54.8. The van der Waals surface area contributed by atoms with E-state index in [4.69, 9.17) is 38.4 Å². The number of aromatic nitrogens is 4. The molecule has 22 nitrogen and oxygen atoms in total. The number of rotatable bonds is 9. The third-order valence-corrected chi connectivity index (χ3v) is 19.5. The molecule has 5 aliphatic heterocycles. The van der Waals surface area contributed by atoms with Gasteiger partial charge < -0.3 is 58.2 Å². The Morgan fingerprint density at radius 3 is 2.19 bits per heavy atom. The Hall–Kier alpha value is -6.30. The van der Waals surface area contributed by atoms with Crippen LogP contribution in [0.15, 0.2) is 66.2 Å². The SMILES string of the molecule is CO[C@H]1C[C@@H]2CC[C@@H](C)[C@@](O)(O2)C(=O)C(=O)N2CCCC[C@H]2C(=O)O[C@H]([C@H](C)C[C@@H]2CC[C@@H](OC(=O)N3CCc4nc(N5CCN(c6ncc(C)cn6)CC5)ncc4C3)[C@H](OC)C2)CC(=O)[C@H](C)/C=C(\C)[C@@H](O)[C@@H](OC)C(=O)[C@H](C)C[C@H](C)/C=C/C=C/C=C/1C. The van der Waals surface area contributed by atoms with Crippen molar-refractivity contribution in [3.63, 3.8) is 0 Å². The predicted molar refractivity (Wildman–Crippen MR) is 337 cm³/mol. The number of cyclic esters (lactones) is 1. The van der Waals surface area contributed by atoms with E-state index in [9.17, 15) is 39.0 Å². The molecule has 2 bridgehead atoms. The fourth-order valence-electron chi connectivity index (χ4n) is 13.7. The second-order valence-electron chi connectivity index (χ2n) is 26.3. The molecular weight excluding hydrogens is 1150 g/mol.